The predicted molar refractivity (Wildman–Crippen MR) is 109 cm³/mol. The second kappa shape index (κ2) is 7.83. The van der Waals surface area contributed by atoms with Crippen LogP contribution in [-0.2, 0) is 9.59 Å². The Balaban J connectivity index is 2.16. The van der Waals surface area contributed by atoms with Crippen LogP contribution in [0.25, 0.3) is 0 Å². The molecule has 0 bridgehead atoms. The maximum absolute atomic E-state index is 12.5. The standard InChI is InChI=1S/C18H21IN4O4/c1-5-27-12-7-10(6-11(19)16(12)26-4)15(13-8(2)20-22-17(13)24)14-9(3)21-23-18(14)25/h6-7,13-15H,5H2,1-4H3,(H,22,24)(H,23,25). The van der Waals surface area contributed by atoms with E-state index in [1.54, 1.807) is 21.0 Å². The number of rotatable bonds is 6. The van der Waals surface area contributed by atoms with Gasteiger partial charge in [0.1, 0.15) is 0 Å². The van der Waals surface area contributed by atoms with Gasteiger partial charge in [0.2, 0.25) is 11.8 Å². The van der Waals surface area contributed by atoms with Crippen LogP contribution in [0.2, 0.25) is 0 Å². The van der Waals surface area contributed by atoms with Crippen LogP contribution >= 0.6 is 22.6 Å². The molecule has 27 heavy (non-hydrogen) atoms. The summed E-state index contributed by atoms with van der Waals surface area (Å²) in [6.45, 7) is 5.92. The molecule has 9 heteroatoms. The molecule has 1 aromatic carbocycles. The average Bonchev–Trinajstić information content (AvgIpc) is 3.12. The Morgan fingerprint density at radius 1 is 1.11 bits per heavy atom. The van der Waals surface area contributed by atoms with Gasteiger partial charge in [0, 0.05) is 17.3 Å². The molecule has 2 N–H and O–H groups in total. The van der Waals surface area contributed by atoms with E-state index in [1.165, 1.54) is 0 Å². The average molecular weight is 484 g/mol. The van der Waals surface area contributed by atoms with Gasteiger partial charge in [0.25, 0.3) is 0 Å². The molecular formula is C18H21IN4O4. The summed E-state index contributed by atoms with van der Waals surface area (Å²) in [4.78, 5) is 25.1. The maximum atomic E-state index is 12.5. The fourth-order valence-electron chi connectivity index (χ4n) is 3.61. The van der Waals surface area contributed by atoms with Gasteiger partial charge in [-0.2, -0.15) is 10.2 Å². The number of halogens is 1. The van der Waals surface area contributed by atoms with E-state index in [2.05, 4.69) is 43.6 Å². The number of nitrogens with zero attached hydrogens (tertiary/aromatic N) is 2. The lowest BCUT2D eigenvalue weighted by atomic mass is 9.73. The van der Waals surface area contributed by atoms with E-state index in [-0.39, 0.29) is 11.8 Å². The maximum Gasteiger partial charge on any atom is 0.249 e. The van der Waals surface area contributed by atoms with E-state index in [9.17, 15) is 9.59 Å². The Morgan fingerprint density at radius 3 is 2.07 bits per heavy atom. The van der Waals surface area contributed by atoms with Crippen LogP contribution in [0.15, 0.2) is 22.3 Å². The molecule has 2 aliphatic rings. The zero-order valence-corrected chi connectivity index (χ0v) is 17.7. The molecule has 0 fully saturated rings. The number of amides is 2. The van der Waals surface area contributed by atoms with Gasteiger partial charge in [-0.15, -0.1) is 0 Å². The van der Waals surface area contributed by atoms with E-state index in [1.807, 2.05) is 19.1 Å². The predicted octanol–water partition coefficient (Wildman–Crippen LogP) is 2.03. The van der Waals surface area contributed by atoms with E-state index < -0.39 is 17.8 Å². The van der Waals surface area contributed by atoms with Crippen molar-refractivity contribution in [1.82, 2.24) is 10.9 Å². The molecule has 8 nitrogen and oxygen atoms in total. The van der Waals surface area contributed by atoms with Crippen LogP contribution < -0.4 is 20.3 Å². The Bertz CT molecular complexity index is 814. The van der Waals surface area contributed by atoms with Gasteiger partial charge in [-0.1, -0.05) is 0 Å². The Kier molecular flexibility index (Phi) is 5.68. The number of carbonyl (C=O) groups is 2. The van der Waals surface area contributed by atoms with Crippen LogP contribution in [0.1, 0.15) is 32.3 Å². The smallest absolute Gasteiger partial charge is 0.249 e. The van der Waals surface area contributed by atoms with Crippen molar-refractivity contribution in [3.63, 3.8) is 0 Å². The van der Waals surface area contributed by atoms with Crippen LogP contribution in [0.4, 0.5) is 0 Å². The molecule has 2 atom stereocenters. The minimum absolute atomic E-state index is 0.228. The summed E-state index contributed by atoms with van der Waals surface area (Å²) in [6.07, 6.45) is 0. The number of hydrazone groups is 2. The van der Waals surface area contributed by atoms with Crippen molar-refractivity contribution < 1.29 is 19.1 Å². The van der Waals surface area contributed by atoms with Crippen molar-refractivity contribution in [1.29, 1.82) is 0 Å². The highest BCUT2D eigenvalue weighted by Gasteiger charge is 2.46. The molecule has 1 aromatic rings. The molecule has 0 radical (unpaired) electrons. The monoisotopic (exact) mass is 484 g/mol. The summed E-state index contributed by atoms with van der Waals surface area (Å²) in [7, 11) is 1.58. The van der Waals surface area contributed by atoms with Gasteiger partial charge in [-0.25, -0.2) is 10.9 Å². The first kappa shape index (κ1) is 19.6. The first-order chi connectivity index (χ1) is 12.9. The zero-order chi connectivity index (χ0) is 19.7. The van der Waals surface area contributed by atoms with Crippen molar-refractivity contribution in [3.8, 4) is 11.5 Å². The largest absolute Gasteiger partial charge is 0.492 e. The first-order valence-corrected chi connectivity index (χ1v) is 9.65. The van der Waals surface area contributed by atoms with Gasteiger partial charge in [0.15, 0.2) is 11.5 Å². The third-order valence-electron chi connectivity index (χ3n) is 4.79. The summed E-state index contributed by atoms with van der Waals surface area (Å²) in [5.41, 5.74) is 7.12. The molecule has 0 aromatic heterocycles. The zero-order valence-electron chi connectivity index (χ0n) is 15.5. The lowest BCUT2D eigenvalue weighted by molar-refractivity contribution is -0.125. The highest BCUT2D eigenvalue weighted by molar-refractivity contribution is 14.1. The topological polar surface area (TPSA) is 101 Å². The van der Waals surface area contributed by atoms with E-state index in [0.717, 1.165) is 9.13 Å². The number of ether oxygens (including phenoxy) is 2. The highest BCUT2D eigenvalue weighted by atomic mass is 127. The number of hydrogen-bond acceptors (Lipinski definition) is 6. The summed E-state index contributed by atoms with van der Waals surface area (Å²) in [5, 5.41) is 8.14. The molecule has 2 unspecified atom stereocenters. The normalized spacial score (nSPS) is 22.7. The summed E-state index contributed by atoms with van der Waals surface area (Å²) in [5.74, 6) is -0.843. The van der Waals surface area contributed by atoms with E-state index in [0.29, 0.717) is 29.5 Å². The second-order valence-electron chi connectivity index (χ2n) is 6.41. The molecule has 2 heterocycles. The van der Waals surface area contributed by atoms with Crippen molar-refractivity contribution >= 4 is 45.8 Å². The minimum atomic E-state index is -0.567. The van der Waals surface area contributed by atoms with Crippen LogP contribution in [0, 0.1) is 15.4 Å². The number of carbonyl (C=O) groups excluding carboxylic acids is 2. The minimum Gasteiger partial charge on any atom is -0.492 e. The quantitative estimate of drug-likeness (QED) is 0.604. The van der Waals surface area contributed by atoms with Gasteiger partial charge in [0.05, 0.1) is 29.1 Å². The SMILES string of the molecule is CCOc1cc(C(C2C(=O)NN=C2C)C2C(=O)NN=C2C)cc(I)c1OC. The Hall–Kier alpha value is -2.17. The van der Waals surface area contributed by atoms with Crippen molar-refractivity contribution in [2.75, 3.05) is 13.7 Å². The fraction of sp³-hybridized carbons (Fsp3) is 0.444. The lowest BCUT2D eigenvalue weighted by Crippen LogP contribution is -2.38. The molecule has 3 rings (SSSR count). The van der Waals surface area contributed by atoms with Gasteiger partial charge >= 0.3 is 0 Å². The molecule has 2 aliphatic heterocycles. The molecule has 0 saturated heterocycles. The number of hydrogen-bond donors (Lipinski definition) is 2. The summed E-state index contributed by atoms with van der Waals surface area (Å²) in [6, 6.07) is 3.76. The highest BCUT2D eigenvalue weighted by Crippen LogP contribution is 2.42. The van der Waals surface area contributed by atoms with Crippen molar-refractivity contribution in [2.24, 2.45) is 22.0 Å². The van der Waals surface area contributed by atoms with Gasteiger partial charge in [-0.05, 0) is 61.1 Å². The second-order valence-corrected chi connectivity index (χ2v) is 7.57. The van der Waals surface area contributed by atoms with Gasteiger partial charge in [-0.3, -0.25) is 9.59 Å². The molecule has 0 aliphatic carbocycles. The number of benzene rings is 1. The first-order valence-electron chi connectivity index (χ1n) is 8.57. The summed E-state index contributed by atoms with van der Waals surface area (Å²) < 4.78 is 12.0. The Morgan fingerprint density at radius 2 is 1.67 bits per heavy atom. The molecule has 144 valence electrons. The van der Waals surface area contributed by atoms with E-state index >= 15 is 0 Å². The molecule has 0 saturated carbocycles. The molecule has 0 spiro atoms. The fourth-order valence-corrected chi connectivity index (χ4v) is 4.45. The van der Waals surface area contributed by atoms with Crippen LogP contribution in [0.5, 0.6) is 11.5 Å². The third kappa shape index (κ3) is 3.52. The third-order valence-corrected chi connectivity index (χ3v) is 5.59. The van der Waals surface area contributed by atoms with Crippen molar-refractivity contribution in [3.05, 3.63) is 21.3 Å². The summed E-state index contributed by atoms with van der Waals surface area (Å²) >= 11 is 2.17. The molecule has 2 amide bonds. The van der Waals surface area contributed by atoms with Crippen LogP contribution in [0.3, 0.4) is 0 Å². The lowest BCUT2D eigenvalue weighted by Gasteiger charge is -2.28. The van der Waals surface area contributed by atoms with E-state index in [4.69, 9.17) is 9.47 Å². The number of nitrogens with one attached hydrogen (secondary N) is 2. The molecular weight excluding hydrogens is 463 g/mol. The Labute approximate surface area is 170 Å². The van der Waals surface area contributed by atoms with Crippen molar-refractivity contribution in [2.45, 2.75) is 26.7 Å². The van der Waals surface area contributed by atoms with Gasteiger partial charge < -0.3 is 9.47 Å². The number of methoxy groups -OCH3 is 1. The van der Waals surface area contributed by atoms with Crippen LogP contribution in [-0.4, -0.2) is 37.0 Å².